The van der Waals surface area contributed by atoms with E-state index in [1.165, 1.54) is 0 Å². The average molecular weight is 223 g/mol. The Bertz CT molecular complexity index is 555. The predicted molar refractivity (Wildman–Crippen MR) is 58.6 cm³/mol. The second-order valence-corrected chi connectivity index (χ2v) is 4.02. The number of carbonyl (C=O) groups excluding carboxylic acids is 1. The summed E-state index contributed by atoms with van der Waals surface area (Å²) >= 11 is 1.01. The van der Waals surface area contributed by atoms with Crippen LogP contribution in [-0.4, -0.2) is 19.4 Å². The number of hydrogen-bond donors (Lipinski definition) is 1. The van der Waals surface area contributed by atoms with Crippen LogP contribution in [0.5, 0.6) is 0 Å². The number of fused-ring (bicyclic) bond motifs is 1. The Kier molecular flexibility index (Phi) is 2.66. The first-order chi connectivity index (χ1) is 7.22. The lowest BCUT2D eigenvalue weighted by Gasteiger charge is -1.99. The maximum Gasteiger partial charge on any atom is 0.396 e. The smallest absolute Gasteiger partial charge is 0.396 e. The minimum Gasteiger partial charge on any atom is -0.413 e. The summed E-state index contributed by atoms with van der Waals surface area (Å²) in [7, 11) is 1.70. The Morgan fingerprint density at radius 1 is 1.53 bits per heavy atom. The van der Waals surface area contributed by atoms with Gasteiger partial charge in [0.1, 0.15) is 0 Å². The number of benzene rings is 1. The third-order valence-corrected chi connectivity index (χ3v) is 2.79. The van der Waals surface area contributed by atoms with Gasteiger partial charge in [-0.2, -0.15) is 0 Å². The molecule has 1 aromatic carbocycles. The van der Waals surface area contributed by atoms with Crippen LogP contribution >= 0.6 is 11.3 Å². The highest BCUT2D eigenvalue weighted by Gasteiger charge is 2.13. The first-order valence-electron chi connectivity index (χ1n) is 4.43. The third kappa shape index (κ3) is 1.84. The van der Waals surface area contributed by atoms with Crippen molar-refractivity contribution < 1.29 is 9.21 Å². The van der Waals surface area contributed by atoms with Gasteiger partial charge < -0.3 is 9.73 Å². The lowest BCUT2D eigenvalue weighted by Crippen LogP contribution is -2.18. The van der Waals surface area contributed by atoms with E-state index < -0.39 is 0 Å². The first kappa shape index (κ1) is 10.1. The molecule has 0 radical (unpaired) electrons. The molecule has 5 heteroatoms. The van der Waals surface area contributed by atoms with Crippen LogP contribution in [0.25, 0.3) is 10.3 Å². The monoisotopic (exact) mass is 223 g/mol. The number of rotatable bonds is 3. The van der Waals surface area contributed by atoms with Gasteiger partial charge in [-0.3, -0.25) is 4.79 Å². The van der Waals surface area contributed by atoms with E-state index in [0.29, 0.717) is 15.8 Å². The van der Waals surface area contributed by atoms with Gasteiger partial charge in [-0.1, -0.05) is 17.4 Å². The summed E-state index contributed by atoms with van der Waals surface area (Å²) in [5, 5.41) is 2.77. The molecule has 0 fully saturated rings. The van der Waals surface area contributed by atoms with E-state index in [4.69, 9.17) is 4.42 Å². The molecule has 0 bridgehead atoms. The largest absolute Gasteiger partial charge is 0.413 e. The molecule has 78 valence electrons. The first-order valence-corrected chi connectivity index (χ1v) is 5.24. The van der Waals surface area contributed by atoms with E-state index in [-0.39, 0.29) is 17.3 Å². The number of likely N-dealkylation sites (N-methyl/N-ethyl adjacent to an activating group) is 1. The van der Waals surface area contributed by atoms with Crippen LogP contribution in [0.15, 0.2) is 27.4 Å². The SMILES string of the molecule is CNCC(=O)c1cccc2sc(=O)oc12. The number of ketones is 1. The van der Waals surface area contributed by atoms with Crippen molar-refractivity contribution in [3.8, 4) is 0 Å². The van der Waals surface area contributed by atoms with Gasteiger partial charge in [0, 0.05) is 0 Å². The highest BCUT2D eigenvalue weighted by Crippen LogP contribution is 2.21. The fourth-order valence-electron chi connectivity index (χ4n) is 1.37. The summed E-state index contributed by atoms with van der Waals surface area (Å²) in [5.41, 5.74) is 0.855. The van der Waals surface area contributed by atoms with Crippen LogP contribution in [0.2, 0.25) is 0 Å². The Morgan fingerprint density at radius 3 is 3.07 bits per heavy atom. The molecule has 0 spiro atoms. The summed E-state index contributed by atoms with van der Waals surface area (Å²) in [5.74, 6) is -0.0790. The fourth-order valence-corrected chi connectivity index (χ4v) is 2.07. The fraction of sp³-hybridized carbons (Fsp3) is 0.200. The van der Waals surface area contributed by atoms with Crippen molar-refractivity contribution in [2.24, 2.45) is 0 Å². The van der Waals surface area contributed by atoms with Gasteiger partial charge in [-0.25, -0.2) is 4.79 Å². The van der Waals surface area contributed by atoms with Crippen LogP contribution in [0.4, 0.5) is 0 Å². The van der Waals surface area contributed by atoms with Crippen LogP contribution in [0.3, 0.4) is 0 Å². The standard InChI is InChI=1S/C10H9NO3S/c1-11-5-7(12)6-3-2-4-8-9(6)14-10(13)15-8/h2-4,11H,5H2,1H3. The predicted octanol–water partition coefficient (Wildman–Crippen LogP) is 1.26. The molecule has 0 unspecified atom stereocenters. The van der Waals surface area contributed by atoms with Gasteiger partial charge in [0.05, 0.1) is 16.8 Å². The van der Waals surface area contributed by atoms with Crippen LogP contribution in [0.1, 0.15) is 10.4 Å². The molecule has 4 nitrogen and oxygen atoms in total. The average Bonchev–Trinajstić information content (AvgIpc) is 2.57. The molecule has 15 heavy (non-hydrogen) atoms. The molecular formula is C10H9NO3S. The van der Waals surface area contributed by atoms with Gasteiger partial charge >= 0.3 is 4.94 Å². The second-order valence-electron chi connectivity index (χ2n) is 3.04. The van der Waals surface area contributed by atoms with Gasteiger partial charge in [-0.15, -0.1) is 0 Å². The maximum absolute atomic E-state index is 11.6. The van der Waals surface area contributed by atoms with E-state index in [1.807, 2.05) is 0 Å². The Balaban J connectivity index is 2.60. The third-order valence-electron chi connectivity index (χ3n) is 2.00. The molecule has 1 heterocycles. The Hall–Kier alpha value is -1.46. The minimum absolute atomic E-state index is 0.0790. The lowest BCUT2D eigenvalue weighted by atomic mass is 10.1. The molecule has 2 rings (SSSR count). The summed E-state index contributed by atoms with van der Waals surface area (Å²) in [6, 6.07) is 5.18. The van der Waals surface area contributed by atoms with Crippen molar-refractivity contribution in [3.63, 3.8) is 0 Å². The molecule has 0 atom stereocenters. The molecule has 1 N–H and O–H groups in total. The number of Topliss-reactive ketones (excluding diaryl/α,β-unsaturated/α-hetero) is 1. The molecule has 0 aliphatic rings. The van der Waals surface area contributed by atoms with E-state index in [1.54, 1.807) is 25.2 Å². The molecule has 1 aromatic heterocycles. The molecule has 2 aromatic rings. The van der Waals surface area contributed by atoms with Crippen molar-refractivity contribution in [1.82, 2.24) is 5.32 Å². The molecule has 0 saturated heterocycles. The zero-order valence-electron chi connectivity index (χ0n) is 8.07. The number of para-hydroxylation sites is 1. The Labute approximate surface area is 89.5 Å². The van der Waals surface area contributed by atoms with E-state index in [2.05, 4.69) is 5.32 Å². The van der Waals surface area contributed by atoms with Gasteiger partial charge in [0.15, 0.2) is 11.4 Å². The normalized spacial score (nSPS) is 10.7. The van der Waals surface area contributed by atoms with Gasteiger partial charge in [-0.05, 0) is 19.2 Å². The molecule has 0 saturated carbocycles. The van der Waals surface area contributed by atoms with Crippen molar-refractivity contribution in [3.05, 3.63) is 33.5 Å². The zero-order valence-corrected chi connectivity index (χ0v) is 8.89. The van der Waals surface area contributed by atoms with Gasteiger partial charge in [0.25, 0.3) is 0 Å². The van der Waals surface area contributed by atoms with Gasteiger partial charge in [0.2, 0.25) is 0 Å². The summed E-state index contributed by atoms with van der Waals surface area (Å²) in [6.45, 7) is 0.235. The van der Waals surface area contributed by atoms with Crippen molar-refractivity contribution >= 4 is 27.4 Å². The number of nitrogens with one attached hydrogen (secondary N) is 1. The minimum atomic E-state index is -0.380. The summed E-state index contributed by atoms with van der Waals surface area (Å²) < 4.78 is 5.69. The van der Waals surface area contributed by atoms with E-state index >= 15 is 0 Å². The number of hydrogen-bond acceptors (Lipinski definition) is 5. The molecule has 0 aliphatic carbocycles. The molecule has 0 amide bonds. The van der Waals surface area contributed by atoms with Crippen LogP contribution in [-0.2, 0) is 0 Å². The quantitative estimate of drug-likeness (QED) is 0.796. The highest BCUT2D eigenvalue weighted by atomic mass is 32.1. The Morgan fingerprint density at radius 2 is 2.33 bits per heavy atom. The highest BCUT2D eigenvalue weighted by molar-refractivity contribution is 7.16. The lowest BCUT2D eigenvalue weighted by molar-refractivity contribution is 0.0994. The summed E-state index contributed by atoms with van der Waals surface area (Å²) in [4.78, 5) is 22.3. The van der Waals surface area contributed by atoms with Crippen molar-refractivity contribution in [1.29, 1.82) is 0 Å². The van der Waals surface area contributed by atoms with Crippen molar-refractivity contribution in [2.45, 2.75) is 0 Å². The maximum atomic E-state index is 11.6. The number of carbonyl (C=O) groups is 1. The molecule has 0 aliphatic heterocycles. The summed E-state index contributed by atoms with van der Waals surface area (Å²) in [6.07, 6.45) is 0. The second kappa shape index (κ2) is 3.96. The topological polar surface area (TPSA) is 59.3 Å². The van der Waals surface area contributed by atoms with E-state index in [0.717, 1.165) is 11.3 Å². The van der Waals surface area contributed by atoms with E-state index in [9.17, 15) is 9.59 Å². The van der Waals surface area contributed by atoms with Crippen molar-refractivity contribution in [2.75, 3.05) is 13.6 Å². The zero-order chi connectivity index (χ0) is 10.8. The van der Waals surface area contributed by atoms with Crippen LogP contribution < -0.4 is 10.3 Å². The van der Waals surface area contributed by atoms with Crippen LogP contribution in [0, 0.1) is 0 Å². The molecular weight excluding hydrogens is 214 g/mol.